The first-order chi connectivity index (χ1) is 9.72. The van der Waals surface area contributed by atoms with Crippen LogP contribution in [-0.4, -0.2) is 27.1 Å². The van der Waals surface area contributed by atoms with Gasteiger partial charge in [0, 0.05) is 31.0 Å². The molecule has 0 aromatic carbocycles. The molecule has 0 aliphatic heterocycles. The normalized spacial score (nSPS) is 14.1. The van der Waals surface area contributed by atoms with E-state index in [2.05, 4.69) is 15.5 Å². The number of aryl methyl sites for hydroxylation is 1. The van der Waals surface area contributed by atoms with Crippen molar-refractivity contribution in [3.8, 4) is 0 Å². The monoisotopic (exact) mass is 272 g/mol. The number of aromatic nitrogens is 2. The number of hydrogen-bond acceptors (Lipinski definition) is 4. The Kier molecular flexibility index (Phi) is 3.37. The zero-order valence-corrected chi connectivity index (χ0v) is 11.2. The summed E-state index contributed by atoms with van der Waals surface area (Å²) < 4.78 is 4.95. The van der Waals surface area contributed by atoms with Crippen LogP contribution in [0.3, 0.4) is 0 Å². The molecule has 2 aromatic heterocycles. The minimum absolute atomic E-state index is 0.141. The molecule has 2 amide bonds. The highest BCUT2D eigenvalue weighted by Crippen LogP contribution is 2.29. The van der Waals surface area contributed by atoms with E-state index in [0.29, 0.717) is 24.2 Å². The van der Waals surface area contributed by atoms with Crippen molar-refractivity contribution in [1.82, 2.24) is 15.0 Å². The third-order valence-corrected chi connectivity index (χ3v) is 3.21. The largest absolute Gasteiger partial charge is 0.360 e. The summed E-state index contributed by atoms with van der Waals surface area (Å²) in [5.41, 5.74) is 1.07. The second-order valence-electron chi connectivity index (χ2n) is 4.97. The van der Waals surface area contributed by atoms with Crippen LogP contribution in [0.5, 0.6) is 0 Å². The molecule has 0 atom stereocenters. The Morgan fingerprint density at radius 3 is 2.80 bits per heavy atom. The number of rotatable bonds is 4. The number of carbonyl (C=O) groups excluding carboxylic acids is 1. The zero-order valence-electron chi connectivity index (χ0n) is 11.2. The quantitative estimate of drug-likeness (QED) is 0.928. The molecular formula is C14H16N4O2. The fraction of sp³-hybridized carbons (Fsp3) is 0.357. The van der Waals surface area contributed by atoms with Crippen LogP contribution in [0.15, 0.2) is 35.1 Å². The molecule has 20 heavy (non-hydrogen) atoms. The van der Waals surface area contributed by atoms with E-state index >= 15 is 0 Å². The van der Waals surface area contributed by atoms with Crippen LogP contribution in [0.25, 0.3) is 0 Å². The van der Waals surface area contributed by atoms with Crippen molar-refractivity contribution in [1.29, 1.82) is 0 Å². The average Bonchev–Trinajstić information content (AvgIpc) is 3.21. The molecule has 1 saturated carbocycles. The van der Waals surface area contributed by atoms with Crippen LogP contribution >= 0.6 is 0 Å². The summed E-state index contributed by atoms with van der Waals surface area (Å²) >= 11 is 0. The lowest BCUT2D eigenvalue weighted by Gasteiger charge is -2.22. The summed E-state index contributed by atoms with van der Waals surface area (Å²) in [5, 5.41) is 6.55. The number of hydrogen-bond donors (Lipinski definition) is 1. The highest BCUT2D eigenvalue weighted by Gasteiger charge is 2.32. The maximum absolute atomic E-state index is 12.3. The van der Waals surface area contributed by atoms with Gasteiger partial charge >= 0.3 is 6.03 Å². The number of anilines is 1. The minimum Gasteiger partial charge on any atom is -0.360 e. The van der Waals surface area contributed by atoms with Gasteiger partial charge in [0.05, 0.1) is 0 Å². The van der Waals surface area contributed by atoms with Crippen LogP contribution in [0.4, 0.5) is 10.6 Å². The van der Waals surface area contributed by atoms with Gasteiger partial charge in [-0.05, 0) is 37.5 Å². The number of nitrogens with zero attached hydrogens (tertiary/aromatic N) is 3. The first-order valence-corrected chi connectivity index (χ1v) is 6.62. The first kappa shape index (κ1) is 12.7. The average molecular weight is 272 g/mol. The highest BCUT2D eigenvalue weighted by molar-refractivity contribution is 5.88. The molecule has 104 valence electrons. The van der Waals surface area contributed by atoms with Crippen molar-refractivity contribution in [3.05, 3.63) is 41.9 Å². The van der Waals surface area contributed by atoms with Gasteiger partial charge in [0.2, 0.25) is 0 Å². The molecule has 0 unspecified atom stereocenters. The van der Waals surface area contributed by atoms with E-state index in [0.717, 1.165) is 18.4 Å². The van der Waals surface area contributed by atoms with E-state index in [9.17, 15) is 4.79 Å². The van der Waals surface area contributed by atoms with Gasteiger partial charge in [-0.1, -0.05) is 5.16 Å². The van der Waals surface area contributed by atoms with Crippen molar-refractivity contribution in [2.24, 2.45) is 0 Å². The van der Waals surface area contributed by atoms with Gasteiger partial charge in [-0.15, -0.1) is 0 Å². The SMILES string of the molecule is Cc1cc(NC(=O)N(Cc2ccncc2)C2CC2)no1. The Balaban J connectivity index is 1.69. The van der Waals surface area contributed by atoms with Crippen LogP contribution in [0.1, 0.15) is 24.2 Å². The summed E-state index contributed by atoms with van der Waals surface area (Å²) in [6, 6.07) is 5.72. The molecule has 0 radical (unpaired) electrons. The molecular weight excluding hydrogens is 256 g/mol. The number of amides is 2. The second kappa shape index (κ2) is 5.32. The van der Waals surface area contributed by atoms with Crippen LogP contribution in [0.2, 0.25) is 0 Å². The van der Waals surface area contributed by atoms with Crippen molar-refractivity contribution < 1.29 is 9.32 Å². The molecule has 1 fully saturated rings. The van der Waals surface area contributed by atoms with E-state index in [1.54, 1.807) is 25.4 Å². The van der Waals surface area contributed by atoms with Gasteiger partial charge in [0.15, 0.2) is 5.82 Å². The number of urea groups is 1. The molecule has 6 heteroatoms. The van der Waals surface area contributed by atoms with Crippen LogP contribution in [-0.2, 0) is 6.54 Å². The zero-order chi connectivity index (χ0) is 13.9. The van der Waals surface area contributed by atoms with Gasteiger partial charge < -0.3 is 9.42 Å². The lowest BCUT2D eigenvalue weighted by Crippen LogP contribution is -2.36. The number of nitrogens with one attached hydrogen (secondary N) is 1. The molecule has 0 saturated heterocycles. The molecule has 1 N–H and O–H groups in total. The van der Waals surface area contributed by atoms with E-state index < -0.39 is 0 Å². The predicted octanol–water partition coefficient (Wildman–Crippen LogP) is 2.57. The Morgan fingerprint density at radius 2 is 2.20 bits per heavy atom. The van der Waals surface area contributed by atoms with E-state index in [4.69, 9.17) is 4.52 Å². The van der Waals surface area contributed by atoms with Gasteiger partial charge in [0.1, 0.15) is 5.76 Å². The standard InChI is InChI=1S/C14H16N4O2/c1-10-8-13(17-20-10)16-14(19)18(12-2-3-12)9-11-4-6-15-7-5-11/h4-8,12H,2-3,9H2,1H3,(H,16,17,19). The van der Waals surface area contributed by atoms with Crippen molar-refractivity contribution in [3.63, 3.8) is 0 Å². The van der Waals surface area contributed by atoms with Crippen LogP contribution in [0, 0.1) is 6.92 Å². The number of carbonyl (C=O) groups is 1. The predicted molar refractivity (Wildman–Crippen MR) is 73.1 cm³/mol. The molecule has 1 aliphatic carbocycles. The Bertz CT molecular complexity index is 592. The topological polar surface area (TPSA) is 71.3 Å². The van der Waals surface area contributed by atoms with Gasteiger partial charge in [-0.2, -0.15) is 0 Å². The smallest absolute Gasteiger partial charge is 0.323 e. The van der Waals surface area contributed by atoms with Crippen LogP contribution < -0.4 is 5.32 Å². The second-order valence-corrected chi connectivity index (χ2v) is 4.97. The maximum Gasteiger partial charge on any atom is 0.323 e. The van der Waals surface area contributed by atoms with E-state index in [1.807, 2.05) is 17.0 Å². The molecule has 2 heterocycles. The van der Waals surface area contributed by atoms with Crippen molar-refractivity contribution >= 4 is 11.8 Å². The third kappa shape index (κ3) is 2.96. The van der Waals surface area contributed by atoms with E-state index in [1.165, 1.54) is 0 Å². The number of pyridine rings is 1. The summed E-state index contributed by atoms with van der Waals surface area (Å²) in [4.78, 5) is 18.1. The molecule has 1 aliphatic rings. The third-order valence-electron chi connectivity index (χ3n) is 3.21. The lowest BCUT2D eigenvalue weighted by atomic mass is 10.2. The summed E-state index contributed by atoms with van der Waals surface area (Å²) in [7, 11) is 0. The van der Waals surface area contributed by atoms with Crippen molar-refractivity contribution in [2.45, 2.75) is 32.4 Å². The Morgan fingerprint density at radius 1 is 1.45 bits per heavy atom. The molecule has 6 nitrogen and oxygen atoms in total. The summed E-state index contributed by atoms with van der Waals surface area (Å²) in [6.45, 7) is 2.37. The lowest BCUT2D eigenvalue weighted by molar-refractivity contribution is 0.206. The Labute approximate surface area is 116 Å². The van der Waals surface area contributed by atoms with E-state index in [-0.39, 0.29) is 6.03 Å². The van der Waals surface area contributed by atoms with Gasteiger partial charge in [0.25, 0.3) is 0 Å². The highest BCUT2D eigenvalue weighted by atomic mass is 16.5. The first-order valence-electron chi connectivity index (χ1n) is 6.62. The summed E-state index contributed by atoms with van der Waals surface area (Å²) in [6.07, 6.45) is 5.57. The molecule has 2 aromatic rings. The Hall–Kier alpha value is -2.37. The summed E-state index contributed by atoms with van der Waals surface area (Å²) in [5.74, 6) is 1.13. The molecule has 3 rings (SSSR count). The van der Waals surface area contributed by atoms with Crippen molar-refractivity contribution in [2.75, 3.05) is 5.32 Å². The van der Waals surface area contributed by atoms with Gasteiger partial charge in [-0.25, -0.2) is 4.79 Å². The maximum atomic E-state index is 12.3. The fourth-order valence-corrected chi connectivity index (χ4v) is 2.04. The molecule has 0 bridgehead atoms. The fourth-order valence-electron chi connectivity index (χ4n) is 2.04. The minimum atomic E-state index is -0.141. The molecule has 0 spiro atoms. The van der Waals surface area contributed by atoms with Gasteiger partial charge in [-0.3, -0.25) is 10.3 Å².